The molecule has 0 rings (SSSR count). The van der Waals surface area contributed by atoms with Gasteiger partial charge in [0.15, 0.2) is 0 Å². The van der Waals surface area contributed by atoms with E-state index in [0.717, 1.165) is 0 Å². The highest BCUT2D eigenvalue weighted by atomic mass is 19.4. The predicted octanol–water partition coefficient (Wildman–Crippen LogP) is -0.574. The molecule has 6 nitrogen and oxygen atoms in total. The maximum atomic E-state index is 12.2. The summed E-state index contributed by atoms with van der Waals surface area (Å²) in [6.07, 6.45) is -4.50. The molecule has 17 heavy (non-hydrogen) atoms. The SMILES string of the molecule is CC(C(=O)NC(N)=O)N(CCO)CC(F)(F)F. The number of carbonyl (C=O) groups excluding carboxylic acids is 2. The number of alkyl halides is 3. The molecule has 0 saturated heterocycles. The third kappa shape index (κ3) is 6.74. The van der Waals surface area contributed by atoms with Gasteiger partial charge in [-0.3, -0.25) is 15.0 Å². The summed E-state index contributed by atoms with van der Waals surface area (Å²) in [7, 11) is 0. The van der Waals surface area contributed by atoms with Crippen LogP contribution in [0.25, 0.3) is 0 Å². The number of nitrogens with zero attached hydrogens (tertiary/aromatic N) is 1. The van der Waals surface area contributed by atoms with E-state index in [1.165, 1.54) is 6.92 Å². The largest absolute Gasteiger partial charge is 0.401 e. The molecular formula is C8H14F3N3O3. The van der Waals surface area contributed by atoms with Crippen molar-refractivity contribution < 1.29 is 27.9 Å². The van der Waals surface area contributed by atoms with Crippen LogP contribution in [0, 0.1) is 0 Å². The van der Waals surface area contributed by atoms with Crippen molar-refractivity contribution in [3.05, 3.63) is 0 Å². The van der Waals surface area contributed by atoms with Crippen molar-refractivity contribution in [3.63, 3.8) is 0 Å². The Kier molecular flexibility index (Phi) is 5.89. The van der Waals surface area contributed by atoms with Crippen LogP contribution in [0.4, 0.5) is 18.0 Å². The van der Waals surface area contributed by atoms with Crippen molar-refractivity contribution in [1.29, 1.82) is 0 Å². The molecule has 0 spiro atoms. The van der Waals surface area contributed by atoms with E-state index < -0.39 is 37.3 Å². The average molecular weight is 257 g/mol. The zero-order valence-electron chi connectivity index (χ0n) is 9.12. The van der Waals surface area contributed by atoms with E-state index in [1.54, 1.807) is 5.32 Å². The number of hydrogen-bond acceptors (Lipinski definition) is 4. The highest BCUT2D eigenvalue weighted by Crippen LogP contribution is 2.17. The molecule has 100 valence electrons. The van der Waals surface area contributed by atoms with Crippen LogP contribution in [0.3, 0.4) is 0 Å². The highest BCUT2D eigenvalue weighted by Gasteiger charge is 2.34. The van der Waals surface area contributed by atoms with Gasteiger partial charge in [0.1, 0.15) is 0 Å². The van der Waals surface area contributed by atoms with Gasteiger partial charge in [-0.05, 0) is 6.92 Å². The van der Waals surface area contributed by atoms with Crippen molar-refractivity contribution in [2.24, 2.45) is 5.73 Å². The van der Waals surface area contributed by atoms with E-state index >= 15 is 0 Å². The van der Waals surface area contributed by atoms with Crippen LogP contribution in [0.2, 0.25) is 0 Å². The quantitative estimate of drug-likeness (QED) is 0.614. The lowest BCUT2D eigenvalue weighted by Gasteiger charge is -2.27. The first-order valence-electron chi connectivity index (χ1n) is 4.69. The Morgan fingerprint density at radius 3 is 2.35 bits per heavy atom. The standard InChI is InChI=1S/C8H14F3N3O3/c1-5(6(16)13-7(12)17)14(2-3-15)4-8(9,10)11/h5,15H,2-4H2,1H3,(H3,12,13,16,17). The number of halogens is 3. The maximum absolute atomic E-state index is 12.2. The van der Waals surface area contributed by atoms with Crippen molar-refractivity contribution >= 4 is 11.9 Å². The van der Waals surface area contributed by atoms with Gasteiger partial charge in [-0.25, -0.2) is 4.79 Å². The monoisotopic (exact) mass is 257 g/mol. The molecule has 1 unspecified atom stereocenters. The number of nitrogens with one attached hydrogen (secondary N) is 1. The predicted molar refractivity (Wildman–Crippen MR) is 51.9 cm³/mol. The number of amides is 3. The molecule has 0 aromatic carbocycles. The van der Waals surface area contributed by atoms with Crippen LogP contribution < -0.4 is 11.1 Å². The molecule has 0 fully saturated rings. The summed E-state index contributed by atoms with van der Waals surface area (Å²) in [5.74, 6) is -0.949. The van der Waals surface area contributed by atoms with Crippen molar-refractivity contribution in [2.75, 3.05) is 19.7 Å². The Labute approximate surface area is 95.6 Å². The summed E-state index contributed by atoms with van der Waals surface area (Å²) in [6, 6.07) is -2.37. The second kappa shape index (κ2) is 6.40. The number of aliphatic hydroxyl groups is 1. The highest BCUT2D eigenvalue weighted by molar-refractivity contribution is 5.96. The molecule has 0 heterocycles. The fraction of sp³-hybridized carbons (Fsp3) is 0.750. The Morgan fingerprint density at radius 2 is 2.00 bits per heavy atom. The minimum absolute atomic E-state index is 0.340. The Bertz CT molecular complexity index is 283. The van der Waals surface area contributed by atoms with Crippen LogP contribution in [-0.2, 0) is 4.79 Å². The van der Waals surface area contributed by atoms with Gasteiger partial charge in [0.25, 0.3) is 0 Å². The average Bonchev–Trinajstić information content (AvgIpc) is 2.12. The van der Waals surface area contributed by atoms with Gasteiger partial charge in [0.2, 0.25) is 5.91 Å². The van der Waals surface area contributed by atoms with E-state index in [1.807, 2.05) is 0 Å². The lowest BCUT2D eigenvalue weighted by Crippen LogP contribution is -2.51. The van der Waals surface area contributed by atoms with E-state index in [-0.39, 0.29) is 6.54 Å². The number of urea groups is 1. The molecule has 0 aromatic heterocycles. The normalized spacial score (nSPS) is 13.5. The summed E-state index contributed by atoms with van der Waals surface area (Å²) in [5.41, 5.74) is 4.67. The number of imide groups is 1. The lowest BCUT2D eigenvalue weighted by molar-refractivity contribution is -0.154. The number of rotatable bonds is 5. The molecule has 1 atom stereocenters. The summed E-state index contributed by atoms with van der Waals surface area (Å²) >= 11 is 0. The first-order valence-corrected chi connectivity index (χ1v) is 4.69. The van der Waals surface area contributed by atoms with Gasteiger partial charge in [0, 0.05) is 6.54 Å². The van der Waals surface area contributed by atoms with Gasteiger partial charge in [-0.2, -0.15) is 13.2 Å². The lowest BCUT2D eigenvalue weighted by atomic mass is 10.2. The third-order valence-corrected chi connectivity index (χ3v) is 1.94. The minimum atomic E-state index is -4.50. The molecule has 0 saturated carbocycles. The zero-order valence-corrected chi connectivity index (χ0v) is 9.12. The molecule has 0 radical (unpaired) electrons. The van der Waals surface area contributed by atoms with Crippen LogP contribution >= 0.6 is 0 Å². The van der Waals surface area contributed by atoms with Gasteiger partial charge < -0.3 is 10.8 Å². The summed E-state index contributed by atoms with van der Waals surface area (Å²) < 4.78 is 36.5. The number of carbonyl (C=O) groups is 2. The number of aliphatic hydroxyl groups excluding tert-OH is 1. The number of hydrogen-bond donors (Lipinski definition) is 3. The number of nitrogens with two attached hydrogens (primary N) is 1. The second-order valence-electron chi connectivity index (χ2n) is 3.34. The van der Waals surface area contributed by atoms with Crippen LogP contribution in [-0.4, -0.2) is 53.9 Å². The number of primary amides is 1. The molecule has 3 amide bonds. The van der Waals surface area contributed by atoms with Gasteiger partial charge in [-0.15, -0.1) is 0 Å². The van der Waals surface area contributed by atoms with E-state index in [2.05, 4.69) is 5.73 Å². The van der Waals surface area contributed by atoms with Crippen molar-refractivity contribution in [1.82, 2.24) is 10.2 Å². The van der Waals surface area contributed by atoms with Gasteiger partial charge in [-0.1, -0.05) is 0 Å². The van der Waals surface area contributed by atoms with Crippen molar-refractivity contribution in [2.45, 2.75) is 19.1 Å². The molecule has 9 heteroatoms. The summed E-state index contributed by atoms with van der Waals surface area (Å²) in [6.45, 7) is -1.06. The Hall–Kier alpha value is -1.35. The molecule has 0 bridgehead atoms. The molecule has 0 aromatic rings. The van der Waals surface area contributed by atoms with E-state index in [4.69, 9.17) is 5.11 Å². The fourth-order valence-corrected chi connectivity index (χ4v) is 1.16. The van der Waals surface area contributed by atoms with Crippen molar-refractivity contribution in [3.8, 4) is 0 Å². The molecule has 0 aliphatic rings. The first kappa shape index (κ1) is 15.7. The molecule has 0 aliphatic heterocycles. The summed E-state index contributed by atoms with van der Waals surface area (Å²) in [5, 5.41) is 10.3. The molecular weight excluding hydrogens is 243 g/mol. The van der Waals surface area contributed by atoms with Crippen LogP contribution in [0.15, 0.2) is 0 Å². The summed E-state index contributed by atoms with van der Waals surface area (Å²) in [4.78, 5) is 22.3. The van der Waals surface area contributed by atoms with E-state index in [0.29, 0.717) is 4.90 Å². The van der Waals surface area contributed by atoms with Crippen LogP contribution in [0.5, 0.6) is 0 Å². The van der Waals surface area contributed by atoms with Gasteiger partial charge in [0.05, 0.1) is 19.2 Å². The van der Waals surface area contributed by atoms with Gasteiger partial charge >= 0.3 is 12.2 Å². The first-order chi connectivity index (χ1) is 7.67. The zero-order chi connectivity index (χ0) is 13.6. The minimum Gasteiger partial charge on any atom is -0.395 e. The maximum Gasteiger partial charge on any atom is 0.401 e. The molecule has 0 aliphatic carbocycles. The topological polar surface area (TPSA) is 95.7 Å². The second-order valence-corrected chi connectivity index (χ2v) is 3.34. The van der Waals surface area contributed by atoms with E-state index in [9.17, 15) is 22.8 Å². The molecule has 4 N–H and O–H groups in total. The smallest absolute Gasteiger partial charge is 0.395 e. The fourth-order valence-electron chi connectivity index (χ4n) is 1.16. The Morgan fingerprint density at radius 1 is 1.47 bits per heavy atom. The van der Waals surface area contributed by atoms with Crippen LogP contribution in [0.1, 0.15) is 6.92 Å². The third-order valence-electron chi connectivity index (χ3n) is 1.94. The Balaban J connectivity index is 4.58.